The molecule has 5 amide bonds. The molecule has 11 N–H and O–H groups in total. The number of aliphatic imine (C=N–C) groups is 1. The molecule has 0 bridgehead atoms. The zero-order valence-corrected chi connectivity index (χ0v) is 37.5. The number of nitrogens with two attached hydrogens (primary N) is 1. The number of hydrogen-bond donors (Lipinski definition) is 10. The number of carbonyl (C=O) groups excluding carboxylic acids is 5. The van der Waals surface area contributed by atoms with Crippen molar-refractivity contribution in [3.63, 3.8) is 0 Å². The van der Waals surface area contributed by atoms with Crippen molar-refractivity contribution in [2.75, 3.05) is 99.2 Å². The first-order chi connectivity index (χ1) is 30.9. The van der Waals surface area contributed by atoms with Gasteiger partial charge in [-0.1, -0.05) is 12.1 Å². The molecular formula is C41H68BN11O12. The number of aliphatic hydroxyl groups excluding tert-OH is 1. The van der Waals surface area contributed by atoms with E-state index in [1.165, 1.54) is 0 Å². The Labute approximate surface area is 379 Å². The van der Waals surface area contributed by atoms with Crippen molar-refractivity contribution < 1.29 is 58.9 Å². The van der Waals surface area contributed by atoms with Gasteiger partial charge in [0.15, 0.2) is 5.96 Å². The van der Waals surface area contributed by atoms with E-state index in [1.807, 2.05) is 0 Å². The van der Waals surface area contributed by atoms with E-state index >= 15 is 0 Å². The van der Waals surface area contributed by atoms with Gasteiger partial charge in [-0.05, 0) is 62.8 Å². The molecule has 0 aliphatic carbocycles. The smallest absolute Gasteiger partial charge is 0.475 e. The van der Waals surface area contributed by atoms with Gasteiger partial charge in [0.25, 0.3) is 5.91 Å². The van der Waals surface area contributed by atoms with E-state index in [0.29, 0.717) is 90.4 Å². The van der Waals surface area contributed by atoms with E-state index in [1.54, 1.807) is 53.1 Å². The highest BCUT2D eigenvalue weighted by atomic mass is 16.4. The second-order valence-corrected chi connectivity index (χ2v) is 16.5. The molecule has 65 heavy (non-hydrogen) atoms. The number of likely N-dealkylation sites (tertiary alicyclic amines) is 1. The summed E-state index contributed by atoms with van der Waals surface area (Å²) < 4.78 is 0. The summed E-state index contributed by atoms with van der Waals surface area (Å²) in [5.41, 5.74) is 6.90. The molecule has 23 nitrogen and oxygen atoms in total. The molecule has 1 aromatic rings. The lowest BCUT2D eigenvalue weighted by atomic mass is 9.77. The number of guanidine groups is 1. The number of β-amino-alcohol motifs (C(OH)–C–C–N with tert-alkyl or cyclic N) is 1. The SMILES string of the molecule is CN(C)C(N)=NCCCC(NC(=O)CCCN1CCN(CC(=O)O)CCN(CC(=O)O)CC1)C(=O)NCCCCC(=O)NCc1ccc(C(=O)NCC(=O)N2CC(O)CC2B(O)O)cc1. The van der Waals surface area contributed by atoms with Crippen molar-refractivity contribution in [2.45, 2.75) is 76.0 Å². The Bertz CT molecular complexity index is 1730. The van der Waals surface area contributed by atoms with Gasteiger partial charge in [0, 0.05) is 97.9 Å². The Morgan fingerprint density at radius 2 is 1.42 bits per heavy atom. The average molecular weight is 918 g/mol. The monoisotopic (exact) mass is 918 g/mol. The number of aliphatic hydroxyl groups is 1. The maximum atomic E-state index is 13.3. The fraction of sp³-hybridized carbons (Fsp3) is 0.659. The van der Waals surface area contributed by atoms with Crippen LogP contribution in [0, 0.1) is 0 Å². The van der Waals surface area contributed by atoms with Crippen LogP contribution >= 0.6 is 0 Å². The van der Waals surface area contributed by atoms with Crippen molar-refractivity contribution in [1.82, 2.24) is 45.8 Å². The summed E-state index contributed by atoms with van der Waals surface area (Å²) >= 11 is 0. The minimum atomic E-state index is -1.81. The van der Waals surface area contributed by atoms with Crippen molar-refractivity contribution >= 4 is 54.6 Å². The molecule has 2 saturated heterocycles. The number of carboxylic acid groups (broad SMARTS) is 2. The minimum absolute atomic E-state index is 0.0230. The van der Waals surface area contributed by atoms with Gasteiger partial charge in [0.2, 0.25) is 23.6 Å². The van der Waals surface area contributed by atoms with Crippen LogP contribution in [0.15, 0.2) is 29.3 Å². The number of hydrogen-bond acceptors (Lipinski definition) is 14. The Hall–Kier alpha value is -5.40. The summed E-state index contributed by atoms with van der Waals surface area (Å²) in [6, 6.07) is 5.58. The van der Waals surface area contributed by atoms with Crippen LogP contribution in [0.3, 0.4) is 0 Å². The topological polar surface area (TPSA) is 323 Å². The summed E-state index contributed by atoms with van der Waals surface area (Å²) in [5.74, 6) is -4.52. The summed E-state index contributed by atoms with van der Waals surface area (Å²) in [7, 11) is 1.71. The molecule has 3 atom stereocenters. The maximum absolute atomic E-state index is 13.3. The Morgan fingerprint density at radius 3 is 2.00 bits per heavy atom. The standard InChI is InChI=1S/C41H68BN11O12/c1-49(2)41(43)45-15-5-7-32(48-35(56)9-6-16-50-17-19-51(27-37(58)59)21-22-52(20-18-50)28-38(60)61)40(63)44-14-4-3-8-34(55)46-24-29-10-12-30(13-11-29)39(62)47-25-36(57)53-26-31(54)23-33(53)42(64)65/h10-13,31-33,54,64-65H,3-9,14-28H2,1-2H3,(H2,43,45)(H,44,63)(H,46,55)(H,47,62)(H,48,56)(H,58,59)(H,60,61). The van der Waals surface area contributed by atoms with Crippen molar-refractivity contribution in [3.8, 4) is 0 Å². The molecule has 2 aliphatic rings. The van der Waals surface area contributed by atoms with Gasteiger partial charge < -0.3 is 67.1 Å². The summed E-state index contributed by atoms with van der Waals surface area (Å²) in [6.45, 7) is 3.49. The molecule has 2 fully saturated rings. The van der Waals surface area contributed by atoms with E-state index in [-0.39, 0.29) is 75.3 Å². The van der Waals surface area contributed by atoms with Gasteiger partial charge in [0.1, 0.15) is 6.04 Å². The maximum Gasteiger partial charge on any atom is 0.475 e. The molecule has 2 aliphatic heterocycles. The predicted molar refractivity (Wildman–Crippen MR) is 239 cm³/mol. The van der Waals surface area contributed by atoms with Crippen LogP contribution in [0.1, 0.15) is 67.3 Å². The Morgan fingerprint density at radius 1 is 0.815 bits per heavy atom. The van der Waals surface area contributed by atoms with Gasteiger partial charge in [-0.3, -0.25) is 48.4 Å². The van der Waals surface area contributed by atoms with Crippen LogP contribution in [-0.2, 0) is 35.3 Å². The summed E-state index contributed by atoms with van der Waals surface area (Å²) in [6.07, 6.45) is 1.69. The number of rotatable bonds is 25. The second kappa shape index (κ2) is 28.5. The zero-order valence-electron chi connectivity index (χ0n) is 37.5. The number of nitrogens with one attached hydrogen (secondary N) is 4. The quantitative estimate of drug-likeness (QED) is 0.0195. The van der Waals surface area contributed by atoms with Crippen molar-refractivity contribution in [1.29, 1.82) is 0 Å². The average Bonchev–Trinajstić information content (AvgIpc) is 3.69. The van der Waals surface area contributed by atoms with E-state index in [0.717, 1.165) is 10.5 Å². The fourth-order valence-electron chi connectivity index (χ4n) is 7.32. The largest absolute Gasteiger partial charge is 0.480 e. The molecule has 3 unspecified atom stereocenters. The number of carboxylic acids is 2. The molecule has 362 valence electrons. The van der Waals surface area contributed by atoms with Crippen LogP contribution in [0.25, 0.3) is 0 Å². The number of unbranched alkanes of at least 4 members (excludes halogenated alkanes) is 1. The summed E-state index contributed by atoms with van der Waals surface area (Å²) in [4.78, 5) is 99.6. The van der Waals surface area contributed by atoms with Crippen LogP contribution in [0.5, 0.6) is 0 Å². The van der Waals surface area contributed by atoms with Crippen molar-refractivity contribution in [3.05, 3.63) is 35.4 Å². The van der Waals surface area contributed by atoms with E-state index in [9.17, 15) is 58.9 Å². The fourth-order valence-corrected chi connectivity index (χ4v) is 7.32. The third-order valence-electron chi connectivity index (χ3n) is 11.0. The molecular weight excluding hydrogens is 849 g/mol. The van der Waals surface area contributed by atoms with Crippen molar-refractivity contribution in [2.24, 2.45) is 10.7 Å². The first-order valence-corrected chi connectivity index (χ1v) is 22.0. The molecule has 3 rings (SSSR count). The number of benzene rings is 1. The van der Waals surface area contributed by atoms with Crippen LogP contribution in [-0.4, -0.2) is 222 Å². The lowest BCUT2D eigenvalue weighted by Gasteiger charge is -2.25. The molecule has 0 aromatic heterocycles. The molecule has 0 radical (unpaired) electrons. The number of aliphatic carboxylic acids is 2. The zero-order chi connectivity index (χ0) is 47.9. The lowest BCUT2D eigenvalue weighted by molar-refractivity contribution is -0.140. The highest BCUT2D eigenvalue weighted by Gasteiger charge is 2.41. The molecule has 24 heteroatoms. The molecule has 0 spiro atoms. The third kappa shape index (κ3) is 21.0. The lowest BCUT2D eigenvalue weighted by Crippen LogP contribution is -2.49. The van der Waals surface area contributed by atoms with Gasteiger partial charge in [0.05, 0.1) is 31.7 Å². The summed E-state index contributed by atoms with van der Waals surface area (Å²) in [5, 5.41) is 58.5. The first-order valence-electron chi connectivity index (χ1n) is 22.0. The van der Waals surface area contributed by atoms with Gasteiger partial charge in [-0.2, -0.15) is 0 Å². The van der Waals surface area contributed by atoms with E-state index < -0.39 is 55.5 Å². The van der Waals surface area contributed by atoms with E-state index in [2.05, 4.69) is 31.2 Å². The third-order valence-corrected chi connectivity index (χ3v) is 11.0. The molecule has 1 aromatic carbocycles. The Kier molecular flexibility index (Phi) is 23.7. The minimum Gasteiger partial charge on any atom is -0.480 e. The number of nitrogens with zero attached hydrogens (tertiary/aromatic N) is 6. The molecule has 2 heterocycles. The number of amides is 5. The van der Waals surface area contributed by atoms with Crippen LogP contribution in [0.4, 0.5) is 0 Å². The second-order valence-electron chi connectivity index (χ2n) is 16.5. The van der Waals surface area contributed by atoms with Gasteiger partial charge in [-0.15, -0.1) is 0 Å². The Balaban J connectivity index is 1.41. The highest BCUT2D eigenvalue weighted by molar-refractivity contribution is 6.43. The van der Waals surface area contributed by atoms with Gasteiger partial charge in [-0.25, -0.2) is 0 Å². The van der Waals surface area contributed by atoms with Gasteiger partial charge >= 0.3 is 19.1 Å². The van der Waals surface area contributed by atoms with Crippen LogP contribution < -0.4 is 27.0 Å². The first kappa shape index (κ1) is 53.9. The number of carbonyl (C=O) groups is 7. The molecule has 0 saturated carbocycles. The predicted octanol–water partition coefficient (Wildman–Crippen LogP) is -3.70. The highest BCUT2D eigenvalue weighted by Crippen LogP contribution is 2.19. The normalized spacial score (nSPS) is 18.1. The van der Waals surface area contributed by atoms with Crippen LogP contribution in [0.2, 0.25) is 0 Å². The van der Waals surface area contributed by atoms with E-state index in [4.69, 9.17) is 5.73 Å².